The second-order valence-electron chi connectivity index (χ2n) is 6.12. The molecule has 2 aromatic heterocycles. The summed E-state index contributed by atoms with van der Waals surface area (Å²) in [5.41, 5.74) is 2.27. The van der Waals surface area contributed by atoms with E-state index in [-0.39, 0.29) is 0 Å². The maximum Gasteiger partial charge on any atom is 0.0544 e. The van der Waals surface area contributed by atoms with Gasteiger partial charge in [0.05, 0.1) is 11.4 Å². The molecule has 0 aromatic carbocycles. The van der Waals surface area contributed by atoms with E-state index in [9.17, 15) is 0 Å². The van der Waals surface area contributed by atoms with Gasteiger partial charge in [-0.3, -0.25) is 14.9 Å². The number of nitrogens with zero attached hydrogens (tertiary/aromatic N) is 3. The lowest BCUT2D eigenvalue weighted by Crippen LogP contribution is -2.25. The average Bonchev–Trinajstić information content (AvgIpc) is 2.60. The summed E-state index contributed by atoms with van der Waals surface area (Å²) in [5.74, 6) is 0. The number of pyridine rings is 2. The predicted octanol–water partition coefficient (Wildman–Crippen LogP) is 4.84. The Morgan fingerprint density at radius 3 is 1.83 bits per heavy atom. The van der Waals surface area contributed by atoms with Gasteiger partial charge in [0.2, 0.25) is 0 Å². The fraction of sp³-hybridized carbons (Fsp3) is 0.500. The number of hydrogen-bond donors (Lipinski definition) is 0. The van der Waals surface area contributed by atoms with Gasteiger partial charge < -0.3 is 0 Å². The summed E-state index contributed by atoms with van der Waals surface area (Å²) in [5, 5.41) is 0. The van der Waals surface area contributed by atoms with E-state index < -0.39 is 0 Å². The zero-order chi connectivity index (χ0) is 16.2. The molecular weight excluding hydrogens is 282 g/mol. The van der Waals surface area contributed by atoms with Crippen LogP contribution >= 0.6 is 0 Å². The molecule has 2 rings (SSSR count). The van der Waals surface area contributed by atoms with Gasteiger partial charge in [0, 0.05) is 25.5 Å². The van der Waals surface area contributed by atoms with Gasteiger partial charge in [-0.25, -0.2) is 0 Å². The third-order valence-electron chi connectivity index (χ3n) is 4.05. The van der Waals surface area contributed by atoms with E-state index >= 15 is 0 Å². The summed E-state index contributed by atoms with van der Waals surface area (Å²) >= 11 is 0. The van der Waals surface area contributed by atoms with Gasteiger partial charge in [-0.1, -0.05) is 51.2 Å². The van der Waals surface area contributed by atoms with Gasteiger partial charge >= 0.3 is 0 Å². The largest absolute Gasteiger partial charge is 0.292 e. The van der Waals surface area contributed by atoms with E-state index in [1.54, 1.807) is 0 Å². The van der Waals surface area contributed by atoms with Crippen molar-refractivity contribution in [2.45, 2.75) is 58.5 Å². The van der Waals surface area contributed by atoms with Crippen LogP contribution in [0.15, 0.2) is 48.8 Å². The summed E-state index contributed by atoms with van der Waals surface area (Å²) in [7, 11) is 0. The minimum Gasteiger partial charge on any atom is -0.292 e. The SMILES string of the molecule is CCCCCCCCN(Cc1ccccn1)Cc1ccccn1. The predicted molar refractivity (Wildman–Crippen MR) is 96.0 cm³/mol. The third-order valence-corrected chi connectivity index (χ3v) is 4.05. The van der Waals surface area contributed by atoms with E-state index in [1.807, 2.05) is 24.5 Å². The van der Waals surface area contributed by atoms with Crippen molar-refractivity contribution >= 4 is 0 Å². The van der Waals surface area contributed by atoms with E-state index in [1.165, 1.54) is 38.5 Å². The Morgan fingerprint density at radius 2 is 1.30 bits per heavy atom. The first-order valence-corrected chi connectivity index (χ1v) is 8.90. The topological polar surface area (TPSA) is 29.0 Å². The molecule has 0 aliphatic rings. The number of hydrogen-bond acceptors (Lipinski definition) is 3. The number of rotatable bonds is 11. The average molecular weight is 311 g/mol. The third kappa shape index (κ3) is 7.38. The molecule has 0 fully saturated rings. The van der Waals surface area contributed by atoms with Crippen LogP contribution in [0, 0.1) is 0 Å². The highest BCUT2D eigenvalue weighted by atomic mass is 15.1. The van der Waals surface area contributed by atoms with Crippen molar-refractivity contribution in [1.29, 1.82) is 0 Å². The molecule has 0 aliphatic heterocycles. The van der Waals surface area contributed by atoms with Crippen LogP contribution in [-0.4, -0.2) is 21.4 Å². The molecule has 2 aromatic rings. The van der Waals surface area contributed by atoms with Crippen LogP contribution in [-0.2, 0) is 13.1 Å². The molecule has 0 N–H and O–H groups in total. The van der Waals surface area contributed by atoms with Crippen LogP contribution in [0.3, 0.4) is 0 Å². The Bertz CT molecular complexity index is 471. The van der Waals surface area contributed by atoms with Crippen molar-refractivity contribution in [3.63, 3.8) is 0 Å². The second-order valence-corrected chi connectivity index (χ2v) is 6.12. The quantitative estimate of drug-likeness (QED) is 0.556. The molecule has 0 unspecified atom stereocenters. The fourth-order valence-electron chi connectivity index (χ4n) is 2.77. The minimum absolute atomic E-state index is 0.895. The highest BCUT2D eigenvalue weighted by Crippen LogP contribution is 2.10. The zero-order valence-electron chi connectivity index (χ0n) is 14.3. The smallest absolute Gasteiger partial charge is 0.0544 e. The van der Waals surface area contributed by atoms with E-state index in [0.717, 1.165) is 31.0 Å². The van der Waals surface area contributed by atoms with E-state index in [2.05, 4.69) is 46.1 Å². The molecule has 124 valence electrons. The van der Waals surface area contributed by atoms with Crippen LogP contribution in [0.25, 0.3) is 0 Å². The zero-order valence-corrected chi connectivity index (χ0v) is 14.3. The summed E-state index contributed by atoms with van der Waals surface area (Å²) in [6, 6.07) is 12.3. The van der Waals surface area contributed by atoms with Crippen molar-refractivity contribution in [3.8, 4) is 0 Å². The van der Waals surface area contributed by atoms with Crippen LogP contribution in [0.4, 0.5) is 0 Å². The fourth-order valence-corrected chi connectivity index (χ4v) is 2.77. The second kappa shape index (κ2) is 10.9. The Balaban J connectivity index is 1.83. The van der Waals surface area contributed by atoms with E-state index in [0.29, 0.717) is 0 Å². The van der Waals surface area contributed by atoms with Gasteiger partial charge in [0.25, 0.3) is 0 Å². The lowest BCUT2D eigenvalue weighted by molar-refractivity contribution is 0.244. The van der Waals surface area contributed by atoms with Crippen LogP contribution in [0.2, 0.25) is 0 Å². The first-order chi connectivity index (χ1) is 11.4. The molecule has 0 radical (unpaired) electrons. The molecule has 3 nitrogen and oxygen atoms in total. The lowest BCUT2D eigenvalue weighted by atomic mass is 10.1. The van der Waals surface area contributed by atoms with Gasteiger partial charge in [-0.2, -0.15) is 0 Å². The summed E-state index contributed by atoms with van der Waals surface area (Å²) in [6.45, 7) is 5.17. The Hall–Kier alpha value is -1.74. The summed E-state index contributed by atoms with van der Waals surface area (Å²) in [6.07, 6.45) is 11.7. The van der Waals surface area contributed by atoms with Crippen molar-refractivity contribution < 1.29 is 0 Å². The Labute approximate surface area is 140 Å². The van der Waals surface area contributed by atoms with Gasteiger partial charge in [0.1, 0.15) is 0 Å². The monoisotopic (exact) mass is 311 g/mol. The molecule has 0 bridgehead atoms. The van der Waals surface area contributed by atoms with Crippen molar-refractivity contribution in [2.24, 2.45) is 0 Å². The van der Waals surface area contributed by atoms with E-state index in [4.69, 9.17) is 0 Å². The first kappa shape index (κ1) is 17.6. The summed E-state index contributed by atoms with van der Waals surface area (Å²) in [4.78, 5) is 11.4. The van der Waals surface area contributed by atoms with Crippen molar-refractivity contribution in [3.05, 3.63) is 60.2 Å². The first-order valence-electron chi connectivity index (χ1n) is 8.90. The molecule has 0 amide bonds. The molecular formula is C20H29N3. The molecule has 0 saturated carbocycles. The highest BCUT2D eigenvalue weighted by molar-refractivity contribution is 5.06. The molecule has 2 heterocycles. The van der Waals surface area contributed by atoms with Crippen molar-refractivity contribution in [2.75, 3.05) is 6.54 Å². The maximum absolute atomic E-state index is 4.47. The van der Waals surface area contributed by atoms with Gasteiger partial charge in [0.15, 0.2) is 0 Å². The van der Waals surface area contributed by atoms with Crippen LogP contribution in [0.1, 0.15) is 56.8 Å². The molecule has 3 heteroatoms. The number of unbranched alkanes of at least 4 members (excludes halogenated alkanes) is 5. The summed E-state index contributed by atoms with van der Waals surface area (Å²) < 4.78 is 0. The molecule has 23 heavy (non-hydrogen) atoms. The normalized spacial score (nSPS) is 11.0. The van der Waals surface area contributed by atoms with Crippen LogP contribution < -0.4 is 0 Å². The van der Waals surface area contributed by atoms with Crippen molar-refractivity contribution in [1.82, 2.24) is 14.9 Å². The number of aromatic nitrogens is 2. The maximum atomic E-state index is 4.47. The Morgan fingerprint density at radius 1 is 0.739 bits per heavy atom. The van der Waals surface area contributed by atoms with Crippen LogP contribution in [0.5, 0.6) is 0 Å². The molecule has 0 aliphatic carbocycles. The minimum atomic E-state index is 0.895. The standard InChI is InChI=1S/C20H29N3/c1-2-3-4-5-6-11-16-23(17-19-12-7-9-14-21-19)18-20-13-8-10-15-22-20/h7-10,12-15H,2-6,11,16-18H2,1H3. The lowest BCUT2D eigenvalue weighted by Gasteiger charge is -2.21. The van der Waals surface area contributed by atoms with Gasteiger partial charge in [-0.15, -0.1) is 0 Å². The van der Waals surface area contributed by atoms with Gasteiger partial charge in [-0.05, 0) is 37.2 Å². The highest BCUT2D eigenvalue weighted by Gasteiger charge is 2.08. The molecule has 0 spiro atoms. The molecule has 0 saturated heterocycles. The Kier molecular flexibility index (Phi) is 8.35. The molecule has 0 atom stereocenters.